The van der Waals surface area contributed by atoms with Crippen molar-refractivity contribution in [3.05, 3.63) is 76.8 Å². The third-order valence-corrected chi connectivity index (χ3v) is 6.87. The molecule has 1 aliphatic rings. The lowest BCUT2D eigenvalue weighted by Crippen LogP contribution is -2.30. The quantitative estimate of drug-likeness (QED) is 0.634. The van der Waals surface area contributed by atoms with Crippen LogP contribution >= 0.6 is 15.9 Å². The third-order valence-electron chi connectivity index (χ3n) is 4.52. The van der Waals surface area contributed by atoms with E-state index in [4.69, 9.17) is 0 Å². The van der Waals surface area contributed by atoms with Gasteiger partial charge in [-0.05, 0) is 48.5 Å². The molecule has 0 aromatic heterocycles. The number of rotatable bonds is 2. The van der Waals surface area contributed by atoms with Gasteiger partial charge in [0.2, 0.25) is 0 Å². The second kappa shape index (κ2) is 6.51. The van der Waals surface area contributed by atoms with Crippen LogP contribution in [0.3, 0.4) is 0 Å². The molecule has 0 saturated heterocycles. The average Bonchev–Trinajstić information content (AvgIpc) is 2.68. The molecule has 7 heteroatoms. The first-order chi connectivity index (χ1) is 12.9. The topological polar surface area (TPSA) is 66.5 Å². The minimum Gasteiger partial charge on any atom is -0.322 e. The van der Waals surface area contributed by atoms with Crippen LogP contribution in [0, 0.1) is 0 Å². The molecule has 0 saturated carbocycles. The fourth-order valence-corrected chi connectivity index (χ4v) is 4.78. The zero-order chi connectivity index (χ0) is 19.2. The molecule has 1 N–H and O–H groups in total. The summed E-state index contributed by atoms with van der Waals surface area (Å²) in [6.45, 7) is 0. The number of carbonyl (C=O) groups excluding carboxylic acids is 1. The Bertz CT molecular complexity index is 1160. The molecule has 3 aromatic carbocycles. The highest BCUT2D eigenvalue weighted by atomic mass is 79.9. The van der Waals surface area contributed by atoms with E-state index in [2.05, 4.69) is 21.2 Å². The van der Waals surface area contributed by atoms with Gasteiger partial charge in [-0.2, -0.15) is 0 Å². The highest BCUT2D eigenvalue weighted by molar-refractivity contribution is 9.10. The molecular formula is C20H15BrN2O3S. The molecule has 0 fully saturated rings. The number of halogens is 1. The van der Waals surface area contributed by atoms with Crippen LogP contribution in [0.25, 0.3) is 11.1 Å². The first-order valence-electron chi connectivity index (χ1n) is 8.17. The van der Waals surface area contributed by atoms with Gasteiger partial charge in [-0.1, -0.05) is 34.1 Å². The first kappa shape index (κ1) is 17.8. The van der Waals surface area contributed by atoms with E-state index in [0.29, 0.717) is 28.1 Å². The van der Waals surface area contributed by atoms with Crippen LogP contribution in [0.4, 0.5) is 11.4 Å². The predicted octanol–water partition coefficient (Wildman–Crippen LogP) is 4.51. The minimum absolute atomic E-state index is 0.241. The second-order valence-corrected chi connectivity index (χ2v) is 9.01. The van der Waals surface area contributed by atoms with Crippen molar-refractivity contribution in [3.8, 4) is 11.1 Å². The van der Waals surface area contributed by atoms with Crippen molar-refractivity contribution in [1.82, 2.24) is 0 Å². The van der Waals surface area contributed by atoms with E-state index in [1.807, 2.05) is 12.1 Å². The maximum absolute atomic E-state index is 12.7. The van der Waals surface area contributed by atoms with Crippen molar-refractivity contribution >= 4 is 43.2 Å². The van der Waals surface area contributed by atoms with E-state index < -0.39 is 10.0 Å². The molecular weight excluding hydrogens is 428 g/mol. The number of hydrogen-bond acceptors (Lipinski definition) is 3. The minimum atomic E-state index is -3.59. The summed E-state index contributed by atoms with van der Waals surface area (Å²) in [4.78, 5) is 12.9. The van der Waals surface area contributed by atoms with Gasteiger partial charge in [0.1, 0.15) is 0 Å². The largest absolute Gasteiger partial charge is 0.322 e. The van der Waals surface area contributed by atoms with E-state index >= 15 is 0 Å². The lowest BCUT2D eigenvalue weighted by Gasteiger charge is -2.29. The molecule has 0 radical (unpaired) electrons. The van der Waals surface area contributed by atoms with Crippen LogP contribution in [-0.2, 0) is 10.0 Å². The van der Waals surface area contributed by atoms with E-state index in [0.717, 1.165) is 4.47 Å². The Balaban J connectivity index is 1.76. The van der Waals surface area contributed by atoms with Crippen molar-refractivity contribution in [2.75, 3.05) is 16.7 Å². The summed E-state index contributed by atoms with van der Waals surface area (Å²) in [6, 6.07) is 19.1. The molecule has 1 heterocycles. The first-order valence-corrected chi connectivity index (χ1v) is 10.4. The predicted molar refractivity (Wildman–Crippen MR) is 110 cm³/mol. The third kappa shape index (κ3) is 3.02. The Morgan fingerprint density at radius 1 is 0.963 bits per heavy atom. The second-order valence-electron chi connectivity index (χ2n) is 6.16. The number of nitrogens with zero attached hydrogens (tertiary/aromatic N) is 1. The van der Waals surface area contributed by atoms with Crippen LogP contribution < -0.4 is 9.62 Å². The summed E-state index contributed by atoms with van der Waals surface area (Å²) in [5.74, 6) is -0.256. The van der Waals surface area contributed by atoms with E-state index in [1.165, 1.54) is 11.4 Å². The average molecular weight is 443 g/mol. The number of fused-ring (bicyclic) bond motifs is 3. The van der Waals surface area contributed by atoms with Crippen LogP contribution in [0.5, 0.6) is 0 Å². The van der Waals surface area contributed by atoms with Gasteiger partial charge in [0.15, 0.2) is 0 Å². The highest BCUT2D eigenvalue weighted by Crippen LogP contribution is 2.42. The van der Waals surface area contributed by atoms with Crippen LogP contribution in [-0.4, -0.2) is 21.4 Å². The zero-order valence-corrected chi connectivity index (χ0v) is 16.7. The van der Waals surface area contributed by atoms with E-state index in [1.54, 1.807) is 54.6 Å². The summed E-state index contributed by atoms with van der Waals surface area (Å²) in [5, 5.41) is 2.85. The molecule has 0 aliphatic carbocycles. The normalized spacial score (nSPS) is 14.2. The summed E-state index contributed by atoms with van der Waals surface area (Å²) < 4.78 is 27.6. The fourth-order valence-electron chi connectivity index (χ4n) is 3.10. The Labute approximate surface area is 165 Å². The number of sulfonamides is 1. The van der Waals surface area contributed by atoms with Crippen molar-refractivity contribution in [2.24, 2.45) is 0 Å². The van der Waals surface area contributed by atoms with Crippen molar-refractivity contribution in [1.29, 1.82) is 0 Å². The van der Waals surface area contributed by atoms with Gasteiger partial charge in [0.25, 0.3) is 15.9 Å². The Hall–Kier alpha value is -2.64. The summed E-state index contributed by atoms with van der Waals surface area (Å²) in [5.41, 5.74) is 3.00. The number of carbonyl (C=O) groups is 1. The van der Waals surface area contributed by atoms with Crippen molar-refractivity contribution < 1.29 is 13.2 Å². The van der Waals surface area contributed by atoms with Gasteiger partial charge in [0.05, 0.1) is 10.6 Å². The van der Waals surface area contributed by atoms with Crippen molar-refractivity contribution in [2.45, 2.75) is 4.90 Å². The smallest absolute Gasteiger partial charge is 0.264 e. The summed E-state index contributed by atoms with van der Waals surface area (Å²) in [6.07, 6.45) is 0. The lowest BCUT2D eigenvalue weighted by molar-refractivity contribution is 0.102. The van der Waals surface area contributed by atoms with E-state index in [9.17, 15) is 13.2 Å². The molecule has 136 valence electrons. The molecule has 1 aliphatic heterocycles. The molecule has 0 spiro atoms. The van der Waals surface area contributed by atoms with Crippen molar-refractivity contribution in [3.63, 3.8) is 0 Å². The maximum Gasteiger partial charge on any atom is 0.264 e. The number of anilines is 2. The molecule has 4 rings (SSSR count). The van der Waals surface area contributed by atoms with Gasteiger partial charge in [-0.25, -0.2) is 8.42 Å². The summed E-state index contributed by atoms with van der Waals surface area (Å²) >= 11 is 3.36. The van der Waals surface area contributed by atoms with Gasteiger partial charge in [-0.3, -0.25) is 9.10 Å². The van der Waals surface area contributed by atoms with Crippen LogP contribution in [0.15, 0.2) is 76.1 Å². The number of nitrogens with one attached hydrogen (secondary N) is 1. The fraction of sp³-hybridized carbons (Fsp3) is 0.0500. The van der Waals surface area contributed by atoms with Gasteiger partial charge in [-0.15, -0.1) is 0 Å². The zero-order valence-electron chi connectivity index (χ0n) is 14.3. The van der Waals surface area contributed by atoms with E-state index in [-0.39, 0.29) is 10.8 Å². The number of benzene rings is 3. The van der Waals surface area contributed by atoms with Gasteiger partial charge in [0, 0.05) is 33.9 Å². The molecule has 0 bridgehead atoms. The monoisotopic (exact) mass is 442 g/mol. The van der Waals surface area contributed by atoms with Gasteiger partial charge >= 0.3 is 0 Å². The van der Waals surface area contributed by atoms with Crippen LogP contribution in [0.2, 0.25) is 0 Å². The van der Waals surface area contributed by atoms with Gasteiger partial charge < -0.3 is 5.32 Å². The molecule has 0 unspecified atom stereocenters. The lowest BCUT2D eigenvalue weighted by atomic mass is 10.00. The number of amides is 1. The maximum atomic E-state index is 12.7. The standard InChI is InChI=1S/C20H15BrN2O3S/c1-23-18-11-6-13(20(24)22-15-9-7-14(21)8-10-15)12-17(18)16-4-2-3-5-19(16)27(23,25)26/h2-12H,1H3,(H,22,24). The van der Waals surface area contributed by atoms with Crippen LogP contribution in [0.1, 0.15) is 10.4 Å². The summed E-state index contributed by atoms with van der Waals surface area (Å²) in [7, 11) is -2.07. The molecule has 0 atom stereocenters. The Morgan fingerprint density at radius 2 is 1.67 bits per heavy atom. The SMILES string of the molecule is CN1c2ccc(C(=O)Nc3ccc(Br)cc3)cc2-c2ccccc2S1(=O)=O. The Morgan fingerprint density at radius 3 is 2.41 bits per heavy atom. The molecule has 1 amide bonds. The number of hydrogen-bond donors (Lipinski definition) is 1. The highest BCUT2D eigenvalue weighted by Gasteiger charge is 2.32. The molecule has 27 heavy (non-hydrogen) atoms. The Kier molecular flexibility index (Phi) is 4.28. The molecule has 3 aromatic rings. The molecule has 5 nitrogen and oxygen atoms in total.